The van der Waals surface area contributed by atoms with Crippen molar-refractivity contribution in [2.24, 2.45) is 0 Å². The number of nitrogens with zero attached hydrogens (tertiary/aromatic N) is 1. The van der Waals surface area contributed by atoms with Crippen LogP contribution in [0.25, 0.3) is 0 Å². The number of hydrogen-bond donors (Lipinski definition) is 1. The minimum absolute atomic E-state index is 0.103. The van der Waals surface area contributed by atoms with Crippen LogP contribution in [0.2, 0.25) is 0 Å². The summed E-state index contributed by atoms with van der Waals surface area (Å²) in [6.45, 7) is 5.09. The Kier molecular flexibility index (Phi) is 6.15. The lowest BCUT2D eigenvalue weighted by atomic mass is 10.0. The van der Waals surface area contributed by atoms with Gasteiger partial charge in [0.25, 0.3) is 0 Å². The van der Waals surface area contributed by atoms with Crippen molar-refractivity contribution >= 4 is 5.97 Å². The predicted octanol–water partition coefficient (Wildman–Crippen LogP) is 3.86. The maximum atomic E-state index is 12.7. The quantitative estimate of drug-likeness (QED) is 0.624. The lowest BCUT2D eigenvalue weighted by molar-refractivity contribution is -0.144. The van der Waals surface area contributed by atoms with E-state index in [-0.39, 0.29) is 12.0 Å². The zero-order valence-corrected chi connectivity index (χ0v) is 14.0. The van der Waals surface area contributed by atoms with Crippen molar-refractivity contribution in [2.45, 2.75) is 31.7 Å². The largest absolute Gasteiger partial charge is 0.459 e. The number of aromatic nitrogens is 1. The fraction of sp³-hybridized carbons (Fsp3) is 0.263. The normalized spacial score (nSPS) is 13.7. The number of carbonyl (C=O) groups is 1. The van der Waals surface area contributed by atoms with Crippen molar-refractivity contribution in [2.75, 3.05) is 0 Å². The molecule has 0 saturated carbocycles. The summed E-state index contributed by atoms with van der Waals surface area (Å²) in [6, 6.07) is 8.02. The zero-order valence-electron chi connectivity index (χ0n) is 14.0. The van der Waals surface area contributed by atoms with Gasteiger partial charge in [-0.2, -0.15) is 13.2 Å². The van der Waals surface area contributed by atoms with Gasteiger partial charge in [-0.05, 0) is 24.6 Å². The van der Waals surface area contributed by atoms with Crippen LogP contribution in [0.15, 0.2) is 60.9 Å². The number of hydrogen-bond acceptors (Lipinski definition) is 4. The molecule has 1 aromatic carbocycles. The maximum absolute atomic E-state index is 12.7. The number of halogens is 3. The van der Waals surface area contributed by atoms with Crippen LogP contribution in [0.5, 0.6) is 0 Å². The van der Waals surface area contributed by atoms with Crippen LogP contribution in [-0.2, 0) is 22.1 Å². The Labute approximate surface area is 149 Å². The van der Waals surface area contributed by atoms with Crippen LogP contribution in [0.3, 0.4) is 0 Å². The lowest BCUT2D eigenvalue weighted by Crippen LogP contribution is -2.21. The van der Waals surface area contributed by atoms with Gasteiger partial charge in [0.15, 0.2) is 0 Å². The van der Waals surface area contributed by atoms with Gasteiger partial charge in [-0.3, -0.25) is 4.98 Å². The molecule has 2 atom stereocenters. The molecular formula is C19H18F3NO3. The smallest absolute Gasteiger partial charge is 0.416 e. The summed E-state index contributed by atoms with van der Waals surface area (Å²) in [7, 11) is 0. The number of aliphatic hydroxyl groups is 1. The molecule has 2 rings (SSSR count). The molecule has 0 bridgehead atoms. The molecule has 1 N–H and O–H groups in total. The summed E-state index contributed by atoms with van der Waals surface area (Å²) in [5.41, 5.74) is -0.155. The third kappa shape index (κ3) is 5.16. The van der Waals surface area contributed by atoms with E-state index in [1.54, 1.807) is 19.1 Å². The molecule has 0 saturated heterocycles. The van der Waals surface area contributed by atoms with E-state index in [4.69, 9.17) is 4.74 Å². The van der Waals surface area contributed by atoms with E-state index >= 15 is 0 Å². The molecule has 0 spiro atoms. The monoisotopic (exact) mass is 365 g/mol. The molecule has 1 aromatic heterocycles. The fourth-order valence-corrected chi connectivity index (χ4v) is 2.36. The SMILES string of the molecule is C=C(C(=O)OC(C)Cc1cccc(C(F)(F)F)c1)C(O)c1cccnc1. The van der Waals surface area contributed by atoms with Crippen LogP contribution in [0, 0.1) is 0 Å². The van der Waals surface area contributed by atoms with E-state index in [2.05, 4.69) is 11.6 Å². The van der Waals surface area contributed by atoms with Gasteiger partial charge in [-0.15, -0.1) is 0 Å². The predicted molar refractivity (Wildman–Crippen MR) is 89.0 cm³/mol. The Morgan fingerprint density at radius 1 is 1.31 bits per heavy atom. The summed E-state index contributed by atoms with van der Waals surface area (Å²) in [5.74, 6) is -0.819. The van der Waals surface area contributed by atoms with Crippen molar-refractivity contribution in [3.05, 3.63) is 77.6 Å². The molecule has 138 valence electrons. The Hall–Kier alpha value is -2.67. The van der Waals surface area contributed by atoms with Gasteiger partial charge in [-0.25, -0.2) is 4.79 Å². The first kappa shape index (κ1) is 19.7. The molecule has 2 aromatic rings. The summed E-state index contributed by atoms with van der Waals surface area (Å²) in [5, 5.41) is 10.1. The van der Waals surface area contributed by atoms with E-state index in [0.29, 0.717) is 11.1 Å². The second kappa shape index (κ2) is 8.14. The molecular weight excluding hydrogens is 347 g/mol. The van der Waals surface area contributed by atoms with E-state index < -0.39 is 29.9 Å². The first-order valence-electron chi connectivity index (χ1n) is 7.82. The Morgan fingerprint density at radius 3 is 2.65 bits per heavy atom. The number of rotatable bonds is 6. The topological polar surface area (TPSA) is 59.4 Å². The minimum Gasteiger partial charge on any atom is -0.459 e. The molecule has 0 fully saturated rings. The van der Waals surface area contributed by atoms with Gasteiger partial charge in [0.2, 0.25) is 0 Å². The third-order valence-corrected chi connectivity index (χ3v) is 3.68. The van der Waals surface area contributed by atoms with E-state index in [0.717, 1.165) is 12.1 Å². The van der Waals surface area contributed by atoms with E-state index in [9.17, 15) is 23.1 Å². The maximum Gasteiger partial charge on any atom is 0.416 e. The van der Waals surface area contributed by atoms with Crippen LogP contribution >= 0.6 is 0 Å². The molecule has 2 unspecified atom stereocenters. The highest BCUT2D eigenvalue weighted by atomic mass is 19.4. The Bertz CT molecular complexity index is 775. The number of alkyl halides is 3. The summed E-state index contributed by atoms with van der Waals surface area (Å²) < 4.78 is 43.4. The van der Waals surface area contributed by atoms with Gasteiger partial charge in [0.1, 0.15) is 12.2 Å². The highest BCUT2D eigenvalue weighted by Crippen LogP contribution is 2.30. The molecule has 7 heteroatoms. The van der Waals surface area contributed by atoms with Crippen LogP contribution in [0.4, 0.5) is 13.2 Å². The van der Waals surface area contributed by atoms with Crippen LogP contribution in [-0.4, -0.2) is 22.2 Å². The first-order valence-corrected chi connectivity index (χ1v) is 7.82. The molecule has 0 radical (unpaired) electrons. The van der Waals surface area contributed by atoms with Gasteiger partial charge >= 0.3 is 12.1 Å². The highest BCUT2D eigenvalue weighted by Gasteiger charge is 2.30. The lowest BCUT2D eigenvalue weighted by Gasteiger charge is -2.17. The van der Waals surface area contributed by atoms with Crippen molar-refractivity contribution < 1.29 is 27.8 Å². The van der Waals surface area contributed by atoms with E-state index in [1.807, 2.05) is 0 Å². The average molecular weight is 365 g/mol. The van der Waals surface area contributed by atoms with Crippen molar-refractivity contribution in [1.82, 2.24) is 4.98 Å². The third-order valence-electron chi connectivity index (χ3n) is 3.68. The van der Waals surface area contributed by atoms with Gasteiger partial charge in [-0.1, -0.05) is 30.8 Å². The zero-order chi connectivity index (χ0) is 19.3. The molecule has 1 heterocycles. The van der Waals surface area contributed by atoms with Crippen molar-refractivity contribution in [3.8, 4) is 0 Å². The van der Waals surface area contributed by atoms with Crippen LogP contribution in [0.1, 0.15) is 29.7 Å². The number of aliphatic hydroxyl groups excluding tert-OH is 1. The second-order valence-corrected chi connectivity index (χ2v) is 5.83. The van der Waals surface area contributed by atoms with E-state index in [1.165, 1.54) is 24.5 Å². The molecule has 0 amide bonds. The molecule has 4 nitrogen and oxygen atoms in total. The van der Waals surface area contributed by atoms with Crippen molar-refractivity contribution in [1.29, 1.82) is 0 Å². The highest BCUT2D eigenvalue weighted by molar-refractivity contribution is 5.89. The first-order chi connectivity index (χ1) is 12.2. The number of benzene rings is 1. The van der Waals surface area contributed by atoms with Crippen molar-refractivity contribution in [3.63, 3.8) is 0 Å². The van der Waals surface area contributed by atoms with Gasteiger partial charge in [0, 0.05) is 24.4 Å². The second-order valence-electron chi connectivity index (χ2n) is 5.83. The minimum atomic E-state index is -4.43. The standard InChI is InChI=1S/C19H18F3NO3/c1-12(9-14-5-3-7-16(10-14)19(20,21)22)26-18(25)13(2)17(24)15-6-4-8-23-11-15/h3-8,10-12,17,24H,2,9H2,1H3. The average Bonchev–Trinajstić information content (AvgIpc) is 2.60. The molecule has 0 aliphatic carbocycles. The molecule has 0 aliphatic heterocycles. The number of carbonyl (C=O) groups excluding carboxylic acids is 1. The number of esters is 1. The molecule has 26 heavy (non-hydrogen) atoms. The van der Waals surface area contributed by atoms with Crippen LogP contribution < -0.4 is 0 Å². The Balaban J connectivity index is 1.98. The summed E-state index contributed by atoms with van der Waals surface area (Å²) in [4.78, 5) is 15.9. The fourth-order valence-electron chi connectivity index (χ4n) is 2.36. The Morgan fingerprint density at radius 2 is 2.04 bits per heavy atom. The number of ether oxygens (including phenoxy) is 1. The van der Waals surface area contributed by atoms with Gasteiger partial charge in [0.05, 0.1) is 11.1 Å². The summed E-state index contributed by atoms with van der Waals surface area (Å²) >= 11 is 0. The number of pyridine rings is 1. The van der Waals surface area contributed by atoms with Gasteiger partial charge < -0.3 is 9.84 Å². The molecule has 0 aliphatic rings. The summed E-state index contributed by atoms with van der Waals surface area (Å²) in [6.07, 6.45) is -3.37.